The maximum Gasteiger partial charge on any atom is 0.251 e. The van der Waals surface area contributed by atoms with Gasteiger partial charge in [0.25, 0.3) is 5.91 Å². The van der Waals surface area contributed by atoms with Crippen LogP contribution in [0.5, 0.6) is 0 Å². The van der Waals surface area contributed by atoms with E-state index in [1.165, 1.54) is 5.57 Å². The van der Waals surface area contributed by atoms with Gasteiger partial charge in [-0.05, 0) is 53.7 Å². The van der Waals surface area contributed by atoms with Crippen LogP contribution in [0, 0.1) is 11.3 Å². The van der Waals surface area contributed by atoms with Crippen molar-refractivity contribution < 1.29 is 14.3 Å². The van der Waals surface area contributed by atoms with Crippen molar-refractivity contribution in [2.24, 2.45) is 11.3 Å². The molecule has 3 aliphatic rings. The summed E-state index contributed by atoms with van der Waals surface area (Å²) in [5.74, 6) is 1.33. The summed E-state index contributed by atoms with van der Waals surface area (Å²) in [4.78, 5) is 16.3. The molecule has 33 heavy (non-hydrogen) atoms. The molecule has 1 aliphatic carbocycles. The topological polar surface area (TPSA) is 50.8 Å². The Hall–Kier alpha value is -1.92. The Morgan fingerprint density at radius 2 is 2.09 bits per heavy atom. The first-order chi connectivity index (χ1) is 15.7. The molecule has 6 heteroatoms. The number of rotatable bonds is 8. The zero-order valence-corrected chi connectivity index (χ0v) is 22.0. The minimum Gasteiger partial charge on any atom is -0.496 e. The van der Waals surface area contributed by atoms with E-state index in [9.17, 15) is 4.79 Å². The van der Waals surface area contributed by atoms with Gasteiger partial charge in [0.05, 0.1) is 25.8 Å². The maximum atomic E-state index is 14.2. The van der Waals surface area contributed by atoms with Gasteiger partial charge in [0, 0.05) is 18.4 Å². The molecule has 0 saturated carbocycles. The number of methoxy groups -OCH3 is 1. The van der Waals surface area contributed by atoms with Gasteiger partial charge in [0.15, 0.2) is 0 Å². The number of hydrogen-bond donors (Lipinski definition) is 1. The van der Waals surface area contributed by atoms with Crippen molar-refractivity contribution >= 4 is 17.7 Å². The first kappa shape index (κ1) is 25.7. The Bertz CT molecular complexity index is 868. The van der Waals surface area contributed by atoms with E-state index in [4.69, 9.17) is 9.47 Å². The lowest BCUT2D eigenvalue weighted by molar-refractivity contribution is -0.130. The van der Waals surface area contributed by atoms with Gasteiger partial charge < -0.3 is 19.7 Å². The van der Waals surface area contributed by atoms with Crippen molar-refractivity contribution in [2.45, 2.75) is 71.8 Å². The lowest BCUT2D eigenvalue weighted by atomic mass is 9.85. The van der Waals surface area contributed by atoms with Crippen molar-refractivity contribution in [1.29, 1.82) is 0 Å². The molecule has 0 radical (unpaired) electrons. The monoisotopic (exact) mass is 472 g/mol. The van der Waals surface area contributed by atoms with Crippen molar-refractivity contribution in [1.82, 2.24) is 10.2 Å². The van der Waals surface area contributed by atoms with Crippen LogP contribution in [-0.4, -0.2) is 48.6 Å². The number of carbonyl (C=O) groups excluding carboxylic acids is 1. The summed E-state index contributed by atoms with van der Waals surface area (Å²) >= 11 is 1.73. The molecule has 0 aromatic heterocycles. The van der Waals surface area contributed by atoms with Crippen LogP contribution in [0.3, 0.4) is 0 Å². The van der Waals surface area contributed by atoms with E-state index < -0.39 is 0 Å². The van der Waals surface area contributed by atoms with Gasteiger partial charge in [-0.1, -0.05) is 52.8 Å². The van der Waals surface area contributed by atoms with Gasteiger partial charge in [-0.15, -0.1) is 11.8 Å². The normalized spacial score (nSPS) is 25.3. The molecule has 0 fully saturated rings. The largest absolute Gasteiger partial charge is 0.496 e. The zero-order chi connectivity index (χ0) is 24.2. The van der Waals surface area contributed by atoms with E-state index in [0.717, 1.165) is 23.3 Å². The number of carbonyl (C=O) groups is 1. The molecule has 2 unspecified atom stereocenters. The van der Waals surface area contributed by atoms with Crippen molar-refractivity contribution in [3.63, 3.8) is 0 Å². The average Bonchev–Trinajstić information content (AvgIpc) is 3.32. The standard InChI is InChI=1S/C27H40N2O3S/c1-8-32-17-20-15-21(14-18(2)3)29(24(20)25-28-12-13-33-25)26(30)19-10-9-11-22(27(4,5)6)23(16-19)31-7/h9,11-13,15-16,18,21,24-25,28H,8,10,14,17H2,1-7H3/t21?,24-,25?/m1/s1. The summed E-state index contributed by atoms with van der Waals surface area (Å²) in [5.41, 5.74) is 2.99. The number of hydrogen-bond acceptors (Lipinski definition) is 5. The van der Waals surface area contributed by atoms with E-state index in [1.807, 2.05) is 19.2 Å². The van der Waals surface area contributed by atoms with Crippen molar-refractivity contribution in [3.05, 3.63) is 58.4 Å². The third kappa shape index (κ3) is 5.96. The summed E-state index contributed by atoms with van der Waals surface area (Å²) in [6, 6.07) is -0.0101. The minimum atomic E-state index is -0.0739. The maximum absolute atomic E-state index is 14.2. The molecule has 5 nitrogen and oxygen atoms in total. The van der Waals surface area contributed by atoms with E-state index in [2.05, 4.69) is 68.5 Å². The zero-order valence-electron chi connectivity index (χ0n) is 21.2. The van der Waals surface area contributed by atoms with E-state index in [0.29, 0.717) is 25.6 Å². The molecule has 0 spiro atoms. The molecular formula is C27H40N2O3S. The van der Waals surface area contributed by atoms with Crippen LogP contribution in [0.2, 0.25) is 0 Å². The van der Waals surface area contributed by atoms with Crippen LogP contribution >= 0.6 is 11.8 Å². The quantitative estimate of drug-likeness (QED) is 0.470. The van der Waals surface area contributed by atoms with Crippen molar-refractivity contribution in [3.8, 4) is 0 Å². The Morgan fingerprint density at radius 3 is 2.67 bits per heavy atom. The molecule has 2 heterocycles. The number of nitrogens with one attached hydrogen (secondary N) is 1. The van der Waals surface area contributed by atoms with Gasteiger partial charge in [0.1, 0.15) is 11.1 Å². The van der Waals surface area contributed by atoms with Gasteiger partial charge in [0.2, 0.25) is 0 Å². The Kier molecular flexibility index (Phi) is 8.57. The summed E-state index contributed by atoms with van der Waals surface area (Å²) in [5, 5.41) is 5.60. The third-order valence-electron chi connectivity index (χ3n) is 6.20. The highest BCUT2D eigenvalue weighted by molar-refractivity contribution is 8.03. The second-order valence-corrected chi connectivity index (χ2v) is 11.3. The first-order valence-corrected chi connectivity index (χ1v) is 12.9. The van der Waals surface area contributed by atoms with Crippen LogP contribution in [0.1, 0.15) is 54.4 Å². The number of amides is 1. The molecule has 0 bridgehead atoms. The molecule has 3 rings (SSSR count). The van der Waals surface area contributed by atoms with Crippen LogP contribution < -0.4 is 5.32 Å². The van der Waals surface area contributed by atoms with Crippen LogP contribution in [-0.2, 0) is 14.3 Å². The van der Waals surface area contributed by atoms with E-state index in [1.54, 1.807) is 18.9 Å². The van der Waals surface area contributed by atoms with Gasteiger partial charge >= 0.3 is 0 Å². The average molecular weight is 473 g/mol. The fraction of sp³-hybridized carbons (Fsp3) is 0.593. The number of ether oxygens (including phenoxy) is 2. The Labute approximate surface area is 204 Å². The molecule has 0 saturated heterocycles. The van der Waals surface area contributed by atoms with Gasteiger partial charge in [-0.25, -0.2) is 0 Å². The molecule has 0 aromatic rings. The van der Waals surface area contributed by atoms with Crippen LogP contribution in [0.4, 0.5) is 0 Å². The first-order valence-electron chi connectivity index (χ1n) is 12.0. The lowest BCUT2D eigenvalue weighted by Crippen LogP contribution is -2.51. The lowest BCUT2D eigenvalue weighted by Gasteiger charge is -2.36. The molecule has 1 N–H and O–H groups in total. The molecule has 3 atom stereocenters. The Morgan fingerprint density at radius 1 is 1.33 bits per heavy atom. The van der Waals surface area contributed by atoms with Gasteiger partial charge in [-0.3, -0.25) is 4.79 Å². The highest BCUT2D eigenvalue weighted by Gasteiger charge is 2.43. The summed E-state index contributed by atoms with van der Waals surface area (Å²) in [7, 11) is 1.69. The summed E-state index contributed by atoms with van der Waals surface area (Å²) < 4.78 is 11.6. The SMILES string of the molecule is CCOCC1=CC(CC(C)C)N(C(=O)C2=CC(OC)=C(C(C)(C)C)C=CC2)[C@H]1C1NC=CS1. The fourth-order valence-corrected chi connectivity index (χ4v) is 5.63. The van der Waals surface area contributed by atoms with Crippen molar-refractivity contribution in [2.75, 3.05) is 20.3 Å². The fourth-order valence-electron chi connectivity index (χ4n) is 4.69. The molecular weight excluding hydrogens is 432 g/mol. The summed E-state index contributed by atoms with van der Waals surface area (Å²) in [6.45, 7) is 14.1. The Balaban J connectivity index is 2.00. The van der Waals surface area contributed by atoms with Gasteiger partial charge in [-0.2, -0.15) is 0 Å². The molecule has 182 valence electrons. The second-order valence-electron chi connectivity index (χ2n) is 10.3. The van der Waals surface area contributed by atoms with Crippen LogP contribution in [0.15, 0.2) is 58.4 Å². The number of nitrogens with zero attached hydrogens (tertiary/aromatic N) is 1. The predicted octanol–water partition coefficient (Wildman–Crippen LogP) is 5.54. The molecule has 1 amide bonds. The smallest absolute Gasteiger partial charge is 0.251 e. The second kappa shape index (κ2) is 11.0. The minimum absolute atomic E-state index is 0.0474. The highest BCUT2D eigenvalue weighted by Crippen LogP contribution is 2.38. The third-order valence-corrected chi connectivity index (χ3v) is 7.18. The van der Waals surface area contributed by atoms with E-state index in [-0.39, 0.29) is 28.8 Å². The number of thioether (sulfide) groups is 1. The van der Waals surface area contributed by atoms with Crippen LogP contribution in [0.25, 0.3) is 0 Å². The highest BCUT2D eigenvalue weighted by atomic mass is 32.2. The predicted molar refractivity (Wildman–Crippen MR) is 137 cm³/mol. The summed E-state index contributed by atoms with van der Waals surface area (Å²) in [6.07, 6.45) is 11.9. The molecule has 0 aromatic carbocycles. The number of allylic oxidation sites excluding steroid dienone is 4. The van der Waals surface area contributed by atoms with E-state index >= 15 is 0 Å². The molecule has 2 aliphatic heterocycles.